The lowest BCUT2D eigenvalue weighted by atomic mass is 10.1. The Morgan fingerprint density at radius 2 is 2.14 bits per heavy atom. The summed E-state index contributed by atoms with van der Waals surface area (Å²) in [6, 6.07) is 4.68. The molecular weight excluding hydrogens is 435 g/mol. The number of likely N-dealkylation sites (N-methyl/N-ethyl adjacent to an activating group) is 1. The van der Waals surface area contributed by atoms with Crippen molar-refractivity contribution < 1.29 is 14.6 Å². The Labute approximate surface area is 183 Å². The molecule has 2 amide bonds. The van der Waals surface area contributed by atoms with Crippen LogP contribution in [0.4, 0.5) is 20.5 Å². The predicted molar refractivity (Wildman–Crippen MR) is 118 cm³/mol. The lowest BCUT2D eigenvalue weighted by Crippen LogP contribution is -2.35. The van der Waals surface area contributed by atoms with Gasteiger partial charge in [0.2, 0.25) is 5.69 Å². The van der Waals surface area contributed by atoms with Gasteiger partial charge in [-0.2, -0.15) is 0 Å². The Morgan fingerprint density at radius 3 is 2.76 bits per heavy atom. The van der Waals surface area contributed by atoms with E-state index < -0.39 is 0 Å². The molecule has 2 N–H and O–H groups in total. The fraction of sp³-hybridized carbons (Fsp3) is 0.368. The molecule has 0 bridgehead atoms. The van der Waals surface area contributed by atoms with Crippen molar-refractivity contribution >= 4 is 56.3 Å². The number of morpholine rings is 1. The van der Waals surface area contributed by atoms with E-state index in [-0.39, 0.29) is 19.2 Å². The molecule has 154 valence electrons. The number of rotatable bonds is 5. The van der Waals surface area contributed by atoms with Crippen LogP contribution in [0.15, 0.2) is 18.2 Å². The molecule has 1 fully saturated rings. The third-order valence-electron chi connectivity index (χ3n) is 4.48. The molecule has 0 aliphatic carbocycles. The highest BCUT2D eigenvalue weighted by atomic mass is 35.5. The zero-order chi connectivity index (χ0) is 21.0. The Balaban J connectivity index is 2.10. The maximum absolute atomic E-state index is 12.6. The van der Waals surface area contributed by atoms with Crippen LogP contribution >= 0.6 is 34.5 Å². The third kappa shape index (κ3) is 4.77. The van der Waals surface area contributed by atoms with E-state index in [4.69, 9.17) is 39.6 Å². The lowest BCUT2D eigenvalue weighted by molar-refractivity contribution is 0.123. The number of carbonyl (C=O) groups excluding carboxylic acids is 1. The molecule has 1 aliphatic heterocycles. The summed E-state index contributed by atoms with van der Waals surface area (Å²) in [6.07, 6.45) is 0. The monoisotopic (exact) mass is 454 g/mol. The minimum Gasteiger partial charge on any atom is -0.395 e. The van der Waals surface area contributed by atoms with Crippen molar-refractivity contribution in [2.45, 2.75) is 0 Å². The van der Waals surface area contributed by atoms with Gasteiger partial charge >= 0.3 is 6.03 Å². The Hall–Kier alpha value is -2.02. The summed E-state index contributed by atoms with van der Waals surface area (Å²) in [6.45, 7) is 10.3. The lowest BCUT2D eigenvalue weighted by Gasteiger charge is -2.28. The number of nitrogens with zero attached hydrogens (tertiary/aromatic N) is 3. The average Bonchev–Trinajstić information content (AvgIpc) is 3.06. The summed E-state index contributed by atoms with van der Waals surface area (Å²) in [7, 11) is 1.59. The Kier molecular flexibility index (Phi) is 7.22. The molecule has 2 heterocycles. The van der Waals surface area contributed by atoms with Crippen molar-refractivity contribution in [2.75, 3.05) is 56.7 Å². The summed E-state index contributed by atoms with van der Waals surface area (Å²) in [5.74, 6) is 0. The number of aliphatic hydroxyl groups excluding tert-OH is 1. The largest absolute Gasteiger partial charge is 0.395 e. The molecule has 0 atom stereocenters. The van der Waals surface area contributed by atoms with Crippen molar-refractivity contribution in [3.05, 3.63) is 39.7 Å². The number of nitrogens with one attached hydrogen (secondary N) is 1. The molecule has 0 spiro atoms. The van der Waals surface area contributed by atoms with Gasteiger partial charge in [-0.1, -0.05) is 29.3 Å². The first-order valence-electron chi connectivity index (χ1n) is 8.91. The number of amides is 2. The van der Waals surface area contributed by atoms with Crippen molar-refractivity contribution in [1.29, 1.82) is 0 Å². The maximum atomic E-state index is 12.6. The van der Waals surface area contributed by atoms with E-state index in [9.17, 15) is 4.79 Å². The normalized spacial score (nSPS) is 13.8. The zero-order valence-corrected chi connectivity index (χ0v) is 18.1. The standard InChI is InChI=1S/C19H20Cl2N4O3S/c1-22-16-15(13-4-3-12(20)11-14(13)21)17(23-19(27)24(2)5-8-26)29-18(16)25-6-9-28-10-7-25/h3-4,11,26H,5-10H2,2H3,(H,23,27). The second-order valence-corrected chi connectivity index (χ2v) is 8.21. The number of carbonyl (C=O) groups is 1. The van der Waals surface area contributed by atoms with Gasteiger partial charge in [0.1, 0.15) is 0 Å². The van der Waals surface area contributed by atoms with Crippen LogP contribution in [0, 0.1) is 6.57 Å². The van der Waals surface area contributed by atoms with E-state index in [0.29, 0.717) is 58.2 Å². The van der Waals surface area contributed by atoms with Crippen LogP contribution in [0.2, 0.25) is 10.0 Å². The van der Waals surface area contributed by atoms with E-state index in [1.807, 2.05) is 0 Å². The van der Waals surface area contributed by atoms with Crippen molar-refractivity contribution in [1.82, 2.24) is 4.90 Å². The average molecular weight is 455 g/mol. The maximum Gasteiger partial charge on any atom is 0.322 e. The SMILES string of the molecule is [C-]#[N+]c1c(N2CCOCC2)sc(NC(=O)N(C)CCO)c1-c1ccc(Cl)cc1Cl. The quantitative estimate of drug-likeness (QED) is 0.649. The van der Waals surface area contributed by atoms with Crippen LogP contribution in [0.1, 0.15) is 0 Å². The minimum absolute atomic E-state index is 0.142. The number of aliphatic hydroxyl groups is 1. The number of anilines is 2. The molecule has 29 heavy (non-hydrogen) atoms. The number of urea groups is 1. The van der Waals surface area contributed by atoms with E-state index in [2.05, 4.69) is 15.1 Å². The first kappa shape index (κ1) is 21.7. The minimum atomic E-state index is -0.378. The number of hydrogen-bond donors (Lipinski definition) is 2. The fourth-order valence-corrected chi connectivity index (χ4v) is 4.67. The topological polar surface area (TPSA) is 69.4 Å². The molecule has 7 nitrogen and oxygen atoms in total. The fourth-order valence-electron chi connectivity index (χ4n) is 2.97. The van der Waals surface area contributed by atoms with Gasteiger partial charge in [0.25, 0.3) is 0 Å². The first-order chi connectivity index (χ1) is 14.0. The van der Waals surface area contributed by atoms with Crippen LogP contribution in [-0.4, -0.2) is 62.5 Å². The van der Waals surface area contributed by atoms with Crippen LogP contribution in [0.25, 0.3) is 16.0 Å². The van der Waals surface area contributed by atoms with Gasteiger partial charge in [0, 0.05) is 42.3 Å². The van der Waals surface area contributed by atoms with E-state index in [0.717, 1.165) is 5.00 Å². The second-order valence-electron chi connectivity index (χ2n) is 6.37. The van der Waals surface area contributed by atoms with Crippen LogP contribution in [0.3, 0.4) is 0 Å². The molecule has 1 aromatic carbocycles. The second kappa shape index (κ2) is 9.65. The van der Waals surface area contributed by atoms with Gasteiger partial charge in [-0.05, 0) is 17.7 Å². The highest BCUT2D eigenvalue weighted by molar-refractivity contribution is 7.21. The molecule has 1 saturated heterocycles. The highest BCUT2D eigenvalue weighted by Crippen LogP contribution is 2.53. The Morgan fingerprint density at radius 1 is 1.41 bits per heavy atom. The summed E-state index contributed by atoms with van der Waals surface area (Å²) < 4.78 is 5.42. The molecule has 1 aromatic heterocycles. The third-order valence-corrected chi connectivity index (χ3v) is 6.18. The van der Waals surface area contributed by atoms with E-state index >= 15 is 0 Å². The highest BCUT2D eigenvalue weighted by Gasteiger charge is 2.27. The number of benzene rings is 1. The molecule has 0 saturated carbocycles. The Bertz CT molecular complexity index is 938. The molecule has 0 unspecified atom stereocenters. The molecular formula is C19H20Cl2N4O3S. The number of ether oxygens (including phenoxy) is 1. The van der Waals surface area contributed by atoms with Crippen LogP contribution in [-0.2, 0) is 4.74 Å². The van der Waals surface area contributed by atoms with Gasteiger partial charge in [0.15, 0.2) is 0 Å². The number of hydrogen-bond acceptors (Lipinski definition) is 5. The van der Waals surface area contributed by atoms with Crippen LogP contribution in [0.5, 0.6) is 0 Å². The molecule has 0 radical (unpaired) electrons. The smallest absolute Gasteiger partial charge is 0.322 e. The summed E-state index contributed by atoms with van der Waals surface area (Å²) in [5, 5.41) is 14.1. The van der Waals surface area contributed by atoms with E-state index in [1.165, 1.54) is 16.2 Å². The van der Waals surface area contributed by atoms with E-state index in [1.54, 1.807) is 25.2 Å². The van der Waals surface area contributed by atoms with Gasteiger partial charge in [-0.3, -0.25) is 5.32 Å². The molecule has 2 aromatic rings. The zero-order valence-electron chi connectivity index (χ0n) is 15.7. The molecule has 3 rings (SSSR count). The van der Waals surface area contributed by atoms with Crippen LogP contribution < -0.4 is 10.2 Å². The molecule has 10 heteroatoms. The van der Waals surface area contributed by atoms with Gasteiger partial charge < -0.3 is 19.6 Å². The first-order valence-corrected chi connectivity index (χ1v) is 10.5. The van der Waals surface area contributed by atoms with Gasteiger partial charge in [0.05, 0.1) is 36.4 Å². The van der Waals surface area contributed by atoms with Gasteiger partial charge in [-0.15, -0.1) is 11.3 Å². The number of thiophene rings is 1. The summed E-state index contributed by atoms with van der Waals surface area (Å²) in [5.41, 5.74) is 1.62. The molecule has 1 aliphatic rings. The van der Waals surface area contributed by atoms with Crippen molar-refractivity contribution in [3.63, 3.8) is 0 Å². The summed E-state index contributed by atoms with van der Waals surface area (Å²) in [4.78, 5) is 19.8. The van der Waals surface area contributed by atoms with Crippen molar-refractivity contribution in [2.24, 2.45) is 0 Å². The summed E-state index contributed by atoms with van der Waals surface area (Å²) >= 11 is 13.8. The predicted octanol–water partition coefficient (Wildman–Crippen LogP) is 4.57. The number of halogens is 2. The van der Waals surface area contributed by atoms with Gasteiger partial charge in [-0.25, -0.2) is 9.64 Å². The van der Waals surface area contributed by atoms with Crippen molar-refractivity contribution in [3.8, 4) is 11.1 Å².